The number of aryl methyl sites for hydroxylation is 1. The lowest BCUT2D eigenvalue weighted by molar-refractivity contribution is -0.144. The first-order valence-electron chi connectivity index (χ1n) is 8.48. The van der Waals surface area contributed by atoms with Gasteiger partial charge in [-0.05, 0) is 50.6 Å². The summed E-state index contributed by atoms with van der Waals surface area (Å²) in [5.74, 6) is 0.0581. The molecule has 0 saturated heterocycles. The van der Waals surface area contributed by atoms with E-state index < -0.39 is 17.4 Å². The molecule has 26 heavy (non-hydrogen) atoms. The summed E-state index contributed by atoms with van der Waals surface area (Å²) in [5, 5.41) is 2.76. The molecular formula is C20H22N2O4. The number of hydrogen-bond donors (Lipinski definition) is 1. The van der Waals surface area contributed by atoms with Crippen LogP contribution in [0, 0.1) is 6.92 Å². The topological polar surface area (TPSA) is 67.9 Å². The van der Waals surface area contributed by atoms with Crippen molar-refractivity contribution in [1.82, 2.24) is 0 Å². The van der Waals surface area contributed by atoms with Crippen LogP contribution in [-0.2, 0) is 9.59 Å². The molecule has 0 aromatic heterocycles. The summed E-state index contributed by atoms with van der Waals surface area (Å²) in [6, 6.07) is 12.6. The molecule has 2 aromatic rings. The van der Waals surface area contributed by atoms with Crippen LogP contribution in [0.25, 0.3) is 0 Å². The minimum Gasteiger partial charge on any atom is -0.492 e. The molecule has 3 rings (SSSR count). The molecule has 1 unspecified atom stereocenters. The first-order valence-corrected chi connectivity index (χ1v) is 8.48. The number of fused-ring (bicyclic) bond motifs is 1. The van der Waals surface area contributed by atoms with E-state index >= 15 is 0 Å². The van der Waals surface area contributed by atoms with Crippen molar-refractivity contribution in [2.24, 2.45) is 0 Å². The smallest absolute Gasteiger partial charge is 0.280 e. The second-order valence-corrected chi connectivity index (χ2v) is 6.35. The molecule has 0 radical (unpaired) electrons. The van der Waals surface area contributed by atoms with Crippen molar-refractivity contribution in [1.29, 1.82) is 0 Å². The fourth-order valence-corrected chi connectivity index (χ4v) is 2.91. The molecule has 1 N–H and O–H groups in total. The van der Waals surface area contributed by atoms with Gasteiger partial charge in [0.25, 0.3) is 17.4 Å². The fraction of sp³-hybridized carbons (Fsp3) is 0.300. The molecule has 0 spiro atoms. The summed E-state index contributed by atoms with van der Waals surface area (Å²) in [6.07, 6.45) is 0. The van der Waals surface area contributed by atoms with Gasteiger partial charge in [0.15, 0.2) is 0 Å². The Morgan fingerprint density at radius 1 is 1.27 bits per heavy atom. The van der Waals surface area contributed by atoms with Gasteiger partial charge in [-0.3, -0.25) is 9.59 Å². The molecule has 0 fully saturated rings. The second-order valence-electron chi connectivity index (χ2n) is 6.35. The van der Waals surface area contributed by atoms with Crippen LogP contribution in [0.3, 0.4) is 0 Å². The van der Waals surface area contributed by atoms with E-state index in [0.717, 1.165) is 5.56 Å². The summed E-state index contributed by atoms with van der Waals surface area (Å²) < 4.78 is 11.4. The summed E-state index contributed by atoms with van der Waals surface area (Å²) in [7, 11) is 1.64. The number of carbonyl (C=O) groups is 2. The monoisotopic (exact) mass is 354 g/mol. The summed E-state index contributed by atoms with van der Waals surface area (Å²) >= 11 is 0. The lowest BCUT2D eigenvalue weighted by Gasteiger charge is -2.38. The van der Waals surface area contributed by atoms with Crippen LogP contribution in [0.5, 0.6) is 11.5 Å². The number of carbonyl (C=O) groups excluding carboxylic acids is 2. The minimum atomic E-state index is -1.67. The number of nitrogens with zero attached hydrogens (tertiary/aromatic N) is 1. The molecule has 0 bridgehead atoms. The van der Waals surface area contributed by atoms with Gasteiger partial charge in [0, 0.05) is 7.05 Å². The number of nitrogens with one attached hydrogen (secondary N) is 1. The van der Waals surface area contributed by atoms with Crippen LogP contribution in [0.2, 0.25) is 0 Å². The van der Waals surface area contributed by atoms with Crippen molar-refractivity contribution >= 4 is 23.2 Å². The molecule has 1 heterocycles. The third-order valence-corrected chi connectivity index (χ3v) is 4.37. The molecular weight excluding hydrogens is 332 g/mol. The largest absolute Gasteiger partial charge is 0.492 e. The Kier molecular flexibility index (Phi) is 4.59. The zero-order valence-electron chi connectivity index (χ0n) is 15.3. The highest BCUT2D eigenvalue weighted by Crippen LogP contribution is 2.38. The third kappa shape index (κ3) is 2.98. The highest BCUT2D eigenvalue weighted by molar-refractivity contribution is 6.19. The minimum absolute atomic E-state index is 0.429. The van der Waals surface area contributed by atoms with E-state index in [4.69, 9.17) is 9.47 Å². The van der Waals surface area contributed by atoms with Crippen molar-refractivity contribution < 1.29 is 19.1 Å². The van der Waals surface area contributed by atoms with Gasteiger partial charge in [-0.15, -0.1) is 0 Å². The van der Waals surface area contributed by atoms with Gasteiger partial charge in [0.2, 0.25) is 0 Å². The lowest BCUT2D eigenvalue weighted by atomic mass is 9.99. The average Bonchev–Trinajstić information content (AvgIpc) is 2.62. The van der Waals surface area contributed by atoms with Crippen LogP contribution < -0.4 is 19.7 Å². The number of hydrogen-bond acceptors (Lipinski definition) is 4. The van der Waals surface area contributed by atoms with Crippen LogP contribution >= 0.6 is 0 Å². The van der Waals surface area contributed by atoms with E-state index in [-0.39, 0.29) is 0 Å². The summed E-state index contributed by atoms with van der Waals surface area (Å²) in [4.78, 5) is 27.3. The van der Waals surface area contributed by atoms with Gasteiger partial charge in [0.1, 0.15) is 11.5 Å². The molecule has 6 heteroatoms. The first kappa shape index (κ1) is 17.8. The zero-order valence-corrected chi connectivity index (χ0v) is 15.3. The summed E-state index contributed by atoms with van der Waals surface area (Å²) in [5.41, 5.74) is 0.478. The molecule has 2 amide bonds. The average molecular weight is 354 g/mol. The predicted molar refractivity (Wildman–Crippen MR) is 99.9 cm³/mol. The maximum absolute atomic E-state index is 12.9. The van der Waals surface area contributed by atoms with Gasteiger partial charge >= 0.3 is 0 Å². The maximum Gasteiger partial charge on any atom is 0.280 e. The molecule has 1 aliphatic heterocycles. The number of benzene rings is 2. The van der Waals surface area contributed by atoms with Crippen molar-refractivity contribution in [3.8, 4) is 11.5 Å². The molecule has 136 valence electrons. The van der Waals surface area contributed by atoms with Gasteiger partial charge in [-0.2, -0.15) is 0 Å². The van der Waals surface area contributed by atoms with E-state index in [1.165, 1.54) is 11.8 Å². The SMILES string of the molecule is CCOc1ccccc1NC(=O)C1(C)Oc2ccc(C)cc2N(C)C1=O. The van der Waals surface area contributed by atoms with E-state index in [9.17, 15) is 9.59 Å². The Labute approximate surface area is 152 Å². The molecule has 1 aliphatic rings. The number of rotatable bonds is 4. The van der Waals surface area contributed by atoms with Crippen LogP contribution in [0.15, 0.2) is 42.5 Å². The highest BCUT2D eigenvalue weighted by atomic mass is 16.5. The molecule has 1 atom stereocenters. The quantitative estimate of drug-likeness (QED) is 0.857. The second kappa shape index (κ2) is 6.71. The van der Waals surface area contributed by atoms with Crippen molar-refractivity contribution in [2.75, 3.05) is 23.9 Å². The number of para-hydroxylation sites is 2. The zero-order chi connectivity index (χ0) is 18.9. The third-order valence-electron chi connectivity index (χ3n) is 4.37. The van der Waals surface area contributed by atoms with Gasteiger partial charge in [-0.1, -0.05) is 18.2 Å². The Hall–Kier alpha value is -3.02. The van der Waals surface area contributed by atoms with Crippen LogP contribution in [0.4, 0.5) is 11.4 Å². The Bertz CT molecular complexity index is 865. The van der Waals surface area contributed by atoms with Crippen molar-refractivity contribution in [3.63, 3.8) is 0 Å². The van der Waals surface area contributed by atoms with Crippen molar-refractivity contribution in [2.45, 2.75) is 26.4 Å². The molecule has 6 nitrogen and oxygen atoms in total. The van der Waals surface area contributed by atoms with E-state index in [1.54, 1.807) is 31.3 Å². The molecule has 0 aliphatic carbocycles. The summed E-state index contributed by atoms with van der Waals surface area (Å²) in [6.45, 7) is 5.74. The van der Waals surface area contributed by atoms with Gasteiger partial charge < -0.3 is 19.7 Å². The first-order chi connectivity index (χ1) is 12.4. The number of ether oxygens (including phenoxy) is 2. The van der Waals surface area contributed by atoms with E-state index in [2.05, 4.69) is 5.32 Å². The Balaban J connectivity index is 1.92. The van der Waals surface area contributed by atoms with Crippen LogP contribution in [-0.4, -0.2) is 31.1 Å². The Morgan fingerprint density at radius 2 is 2.00 bits per heavy atom. The standard InChI is InChI=1S/C20H22N2O4/c1-5-25-16-9-7-6-8-14(16)21-18(23)20(3)19(24)22(4)15-12-13(2)10-11-17(15)26-20/h6-12H,5H2,1-4H3,(H,21,23). The maximum atomic E-state index is 12.9. The highest BCUT2D eigenvalue weighted by Gasteiger charge is 2.49. The van der Waals surface area contributed by atoms with E-state index in [0.29, 0.717) is 29.5 Å². The lowest BCUT2D eigenvalue weighted by Crippen LogP contribution is -2.59. The fourth-order valence-electron chi connectivity index (χ4n) is 2.91. The van der Waals surface area contributed by atoms with Crippen molar-refractivity contribution in [3.05, 3.63) is 48.0 Å². The normalized spacial score (nSPS) is 18.8. The number of likely N-dealkylation sites (N-methyl/N-ethyl adjacent to an activating group) is 1. The number of anilines is 2. The van der Waals surface area contributed by atoms with Gasteiger partial charge in [0.05, 0.1) is 18.0 Å². The van der Waals surface area contributed by atoms with Gasteiger partial charge in [-0.25, -0.2) is 0 Å². The van der Waals surface area contributed by atoms with E-state index in [1.807, 2.05) is 32.0 Å². The number of amides is 2. The van der Waals surface area contributed by atoms with Crippen LogP contribution in [0.1, 0.15) is 19.4 Å². The molecule has 2 aromatic carbocycles. The predicted octanol–water partition coefficient (Wildman–Crippen LogP) is 3.15. The molecule has 0 saturated carbocycles. The Morgan fingerprint density at radius 3 is 2.73 bits per heavy atom.